The molecule has 1 unspecified atom stereocenters. The van der Waals surface area contributed by atoms with Crippen molar-refractivity contribution in [3.05, 3.63) is 29.8 Å². The van der Waals surface area contributed by atoms with Gasteiger partial charge in [-0.25, -0.2) is 0 Å². The minimum atomic E-state index is -0.150. The van der Waals surface area contributed by atoms with Gasteiger partial charge in [0.2, 0.25) is 0 Å². The lowest BCUT2D eigenvalue weighted by molar-refractivity contribution is 0.0945. The van der Waals surface area contributed by atoms with Crippen LogP contribution in [0.3, 0.4) is 0 Å². The van der Waals surface area contributed by atoms with Crippen molar-refractivity contribution >= 4 is 11.6 Å². The molecule has 0 bridgehead atoms. The molecule has 0 radical (unpaired) electrons. The number of rotatable bonds is 6. The molecule has 1 aromatic rings. The van der Waals surface area contributed by atoms with Crippen molar-refractivity contribution in [3.63, 3.8) is 0 Å². The van der Waals surface area contributed by atoms with Crippen molar-refractivity contribution < 1.29 is 9.90 Å². The van der Waals surface area contributed by atoms with Crippen LogP contribution in [-0.4, -0.2) is 30.2 Å². The van der Waals surface area contributed by atoms with E-state index in [4.69, 9.17) is 5.11 Å². The molecule has 4 nitrogen and oxygen atoms in total. The van der Waals surface area contributed by atoms with Crippen LogP contribution in [-0.2, 0) is 0 Å². The first-order chi connectivity index (χ1) is 9.05. The fourth-order valence-electron chi connectivity index (χ4n) is 2.04. The van der Waals surface area contributed by atoms with Crippen LogP contribution in [0.4, 0.5) is 5.69 Å². The Labute approximate surface area is 114 Å². The van der Waals surface area contributed by atoms with Crippen molar-refractivity contribution in [2.45, 2.75) is 32.7 Å². The summed E-state index contributed by atoms with van der Waals surface area (Å²) in [6, 6.07) is 7.90. The Morgan fingerprint density at radius 2 is 2.00 bits per heavy atom. The van der Waals surface area contributed by atoms with E-state index in [9.17, 15) is 4.79 Å². The number of carbonyl (C=O) groups excluding carboxylic acids is 1. The highest BCUT2D eigenvalue weighted by Crippen LogP contribution is 2.48. The van der Waals surface area contributed by atoms with Crippen LogP contribution in [0, 0.1) is 5.41 Å². The van der Waals surface area contributed by atoms with Crippen LogP contribution in [0.2, 0.25) is 0 Å². The lowest BCUT2D eigenvalue weighted by atomic mass is 10.0. The molecule has 19 heavy (non-hydrogen) atoms. The molecule has 4 heteroatoms. The predicted molar refractivity (Wildman–Crippen MR) is 76.3 cm³/mol. The quantitative estimate of drug-likeness (QED) is 0.735. The Balaban J connectivity index is 1.92. The normalized spacial score (nSPS) is 17.6. The summed E-state index contributed by atoms with van der Waals surface area (Å²) in [5.74, 6) is -0.150. The number of aliphatic hydroxyl groups is 1. The average Bonchev–Trinajstić information content (AvgIpc) is 3.16. The second-order valence-electron chi connectivity index (χ2n) is 5.58. The summed E-state index contributed by atoms with van der Waals surface area (Å²) < 4.78 is 0. The van der Waals surface area contributed by atoms with Crippen LogP contribution in [0.1, 0.15) is 37.0 Å². The third-order valence-corrected chi connectivity index (χ3v) is 4.01. The second-order valence-corrected chi connectivity index (χ2v) is 5.58. The van der Waals surface area contributed by atoms with Gasteiger partial charge in [-0.1, -0.05) is 6.92 Å². The Kier molecular flexibility index (Phi) is 4.10. The van der Waals surface area contributed by atoms with Gasteiger partial charge in [0.1, 0.15) is 0 Å². The molecule has 0 heterocycles. The topological polar surface area (TPSA) is 61.4 Å². The molecule has 1 aliphatic carbocycles. The maximum atomic E-state index is 11.7. The third kappa shape index (κ3) is 3.47. The number of hydrogen-bond donors (Lipinski definition) is 3. The highest BCUT2D eigenvalue weighted by molar-refractivity contribution is 5.94. The molecule has 1 aliphatic rings. The molecular formula is C15H22N2O2. The van der Waals surface area contributed by atoms with Crippen molar-refractivity contribution in [1.82, 2.24) is 5.32 Å². The predicted octanol–water partition coefficient (Wildman–Crippen LogP) is 2.01. The van der Waals surface area contributed by atoms with E-state index in [1.165, 1.54) is 12.8 Å². The summed E-state index contributed by atoms with van der Waals surface area (Å²) >= 11 is 0. The lowest BCUT2D eigenvalue weighted by Gasteiger charge is -2.21. The number of amides is 1. The van der Waals surface area contributed by atoms with Gasteiger partial charge in [0, 0.05) is 23.8 Å². The molecule has 2 rings (SSSR count). The van der Waals surface area contributed by atoms with Crippen molar-refractivity contribution in [1.29, 1.82) is 0 Å². The fraction of sp³-hybridized carbons (Fsp3) is 0.533. The van der Waals surface area contributed by atoms with Gasteiger partial charge in [0.25, 0.3) is 5.91 Å². The molecule has 0 saturated heterocycles. The number of anilines is 1. The zero-order valence-electron chi connectivity index (χ0n) is 11.6. The Morgan fingerprint density at radius 3 is 2.53 bits per heavy atom. The highest BCUT2D eigenvalue weighted by Gasteiger charge is 2.42. The zero-order chi connectivity index (χ0) is 13.9. The minimum Gasteiger partial charge on any atom is -0.395 e. The van der Waals surface area contributed by atoms with Crippen LogP contribution in [0.25, 0.3) is 0 Å². The standard InChI is InChI=1S/C15H22N2O2/c1-11(15(2)7-8-15)17-13-5-3-12(4-6-13)14(19)16-9-10-18/h3-6,11,17-18H,7-10H2,1-2H3,(H,16,19). The molecule has 0 aliphatic heterocycles. The van der Waals surface area contributed by atoms with Gasteiger partial charge >= 0.3 is 0 Å². The number of hydrogen-bond acceptors (Lipinski definition) is 3. The molecule has 1 amide bonds. The van der Waals surface area contributed by atoms with Gasteiger partial charge in [-0.15, -0.1) is 0 Å². The number of nitrogens with one attached hydrogen (secondary N) is 2. The van der Waals surface area contributed by atoms with E-state index in [0.717, 1.165) is 5.69 Å². The summed E-state index contributed by atoms with van der Waals surface area (Å²) in [5.41, 5.74) is 2.08. The SMILES string of the molecule is CC(Nc1ccc(C(=O)NCCO)cc1)C1(C)CC1. The molecule has 1 fully saturated rings. The Bertz CT molecular complexity index is 438. The van der Waals surface area contributed by atoms with E-state index in [1.807, 2.05) is 12.1 Å². The third-order valence-electron chi connectivity index (χ3n) is 4.01. The molecular weight excluding hydrogens is 240 g/mol. The first kappa shape index (κ1) is 13.9. The van der Waals surface area contributed by atoms with Gasteiger partial charge < -0.3 is 15.7 Å². The Morgan fingerprint density at radius 1 is 1.37 bits per heavy atom. The maximum absolute atomic E-state index is 11.7. The molecule has 1 aromatic carbocycles. The van der Waals surface area contributed by atoms with E-state index < -0.39 is 0 Å². The minimum absolute atomic E-state index is 0.0402. The molecule has 1 saturated carbocycles. The largest absolute Gasteiger partial charge is 0.395 e. The number of carbonyl (C=O) groups is 1. The van der Waals surface area contributed by atoms with Gasteiger partial charge in [0.05, 0.1) is 6.61 Å². The highest BCUT2D eigenvalue weighted by atomic mass is 16.3. The molecule has 1 atom stereocenters. The van der Waals surface area contributed by atoms with Crippen LogP contribution < -0.4 is 10.6 Å². The van der Waals surface area contributed by atoms with E-state index in [2.05, 4.69) is 24.5 Å². The monoisotopic (exact) mass is 262 g/mol. The van der Waals surface area contributed by atoms with E-state index >= 15 is 0 Å². The summed E-state index contributed by atoms with van der Waals surface area (Å²) in [6.45, 7) is 4.74. The summed E-state index contributed by atoms with van der Waals surface area (Å²) in [6.07, 6.45) is 2.56. The van der Waals surface area contributed by atoms with Crippen molar-refractivity contribution in [2.24, 2.45) is 5.41 Å². The molecule has 104 valence electrons. The van der Waals surface area contributed by atoms with Crippen LogP contribution in [0.5, 0.6) is 0 Å². The maximum Gasteiger partial charge on any atom is 0.251 e. The van der Waals surface area contributed by atoms with Gasteiger partial charge in [0.15, 0.2) is 0 Å². The average molecular weight is 262 g/mol. The van der Waals surface area contributed by atoms with E-state index in [1.54, 1.807) is 12.1 Å². The van der Waals surface area contributed by atoms with Crippen LogP contribution in [0.15, 0.2) is 24.3 Å². The lowest BCUT2D eigenvalue weighted by Crippen LogP contribution is -2.26. The summed E-state index contributed by atoms with van der Waals surface area (Å²) in [4.78, 5) is 11.7. The number of aliphatic hydroxyl groups excluding tert-OH is 1. The zero-order valence-corrected chi connectivity index (χ0v) is 11.6. The first-order valence-electron chi connectivity index (χ1n) is 6.81. The summed E-state index contributed by atoms with van der Waals surface area (Å²) in [7, 11) is 0. The van der Waals surface area contributed by atoms with Crippen molar-refractivity contribution in [3.8, 4) is 0 Å². The summed E-state index contributed by atoms with van der Waals surface area (Å²) in [5, 5.41) is 14.8. The smallest absolute Gasteiger partial charge is 0.251 e. The van der Waals surface area contributed by atoms with E-state index in [-0.39, 0.29) is 19.1 Å². The van der Waals surface area contributed by atoms with E-state index in [0.29, 0.717) is 17.0 Å². The van der Waals surface area contributed by atoms with Gasteiger partial charge in [-0.3, -0.25) is 4.79 Å². The van der Waals surface area contributed by atoms with Gasteiger partial charge in [-0.2, -0.15) is 0 Å². The fourth-order valence-corrected chi connectivity index (χ4v) is 2.04. The second kappa shape index (κ2) is 5.61. The molecule has 0 aromatic heterocycles. The van der Waals surface area contributed by atoms with Crippen LogP contribution >= 0.6 is 0 Å². The van der Waals surface area contributed by atoms with Crippen molar-refractivity contribution in [2.75, 3.05) is 18.5 Å². The van der Waals surface area contributed by atoms with Gasteiger partial charge in [-0.05, 0) is 49.4 Å². The number of benzene rings is 1. The molecule has 0 spiro atoms. The first-order valence-corrected chi connectivity index (χ1v) is 6.81. The molecule has 3 N–H and O–H groups in total. The Hall–Kier alpha value is -1.55.